The van der Waals surface area contributed by atoms with Crippen LogP contribution in [-0.2, 0) is 9.59 Å². The molecule has 0 radical (unpaired) electrons. The quantitative estimate of drug-likeness (QED) is 0.496. The van der Waals surface area contributed by atoms with Crippen LogP contribution >= 0.6 is 15.9 Å². The van der Waals surface area contributed by atoms with Crippen molar-refractivity contribution >= 4 is 33.6 Å². The standard InChI is InChI=1S/C19H25BrN4O3/c1-13(2)11-16(19(26)23-17-8-9-21-24-17)22-18(25)7-4-10-27-15-6-3-5-14(20)12-15/h3,5-6,8-9,12-13,16H,4,7,10-11H2,1-2H3,(H,22,25)(H2,21,23,24,26). The lowest BCUT2D eigenvalue weighted by molar-refractivity contribution is -0.127. The molecule has 0 aliphatic heterocycles. The van der Waals surface area contributed by atoms with Crippen LogP contribution < -0.4 is 15.4 Å². The van der Waals surface area contributed by atoms with Gasteiger partial charge in [0.25, 0.3) is 0 Å². The van der Waals surface area contributed by atoms with Crippen LogP contribution in [0.25, 0.3) is 0 Å². The number of rotatable bonds is 10. The smallest absolute Gasteiger partial charge is 0.248 e. The Kier molecular flexibility index (Phi) is 8.32. The van der Waals surface area contributed by atoms with Gasteiger partial charge in [0.1, 0.15) is 17.6 Å². The molecule has 8 heteroatoms. The molecule has 1 unspecified atom stereocenters. The second-order valence-electron chi connectivity index (χ2n) is 6.62. The third-order valence-electron chi connectivity index (χ3n) is 3.73. The number of nitrogens with one attached hydrogen (secondary N) is 3. The number of carbonyl (C=O) groups excluding carboxylic acids is 2. The summed E-state index contributed by atoms with van der Waals surface area (Å²) in [6.07, 6.45) is 2.96. The molecular weight excluding hydrogens is 412 g/mol. The van der Waals surface area contributed by atoms with Crippen molar-refractivity contribution in [2.24, 2.45) is 5.92 Å². The first-order chi connectivity index (χ1) is 12.9. The van der Waals surface area contributed by atoms with E-state index in [1.807, 2.05) is 38.1 Å². The van der Waals surface area contributed by atoms with Gasteiger partial charge in [-0.3, -0.25) is 14.7 Å². The molecule has 1 heterocycles. The van der Waals surface area contributed by atoms with Gasteiger partial charge in [0.15, 0.2) is 0 Å². The number of ether oxygens (including phenoxy) is 1. The average molecular weight is 437 g/mol. The van der Waals surface area contributed by atoms with Gasteiger partial charge in [-0.05, 0) is 37.0 Å². The highest BCUT2D eigenvalue weighted by atomic mass is 79.9. The summed E-state index contributed by atoms with van der Waals surface area (Å²) in [6, 6.07) is 8.62. The molecule has 2 rings (SSSR count). The highest BCUT2D eigenvalue weighted by Crippen LogP contribution is 2.18. The SMILES string of the molecule is CC(C)CC(NC(=O)CCCOc1cccc(Br)c1)C(=O)Nc1ccn[nH]1. The number of aromatic nitrogens is 2. The van der Waals surface area contributed by atoms with Gasteiger partial charge in [0.05, 0.1) is 12.8 Å². The Hall–Kier alpha value is -2.35. The van der Waals surface area contributed by atoms with E-state index >= 15 is 0 Å². The number of aromatic amines is 1. The minimum atomic E-state index is -0.591. The monoisotopic (exact) mass is 436 g/mol. The van der Waals surface area contributed by atoms with Gasteiger partial charge in [-0.25, -0.2) is 0 Å². The molecular formula is C19H25BrN4O3. The molecule has 0 saturated heterocycles. The lowest BCUT2D eigenvalue weighted by Crippen LogP contribution is -2.44. The fraction of sp³-hybridized carbons (Fsp3) is 0.421. The molecule has 3 N–H and O–H groups in total. The molecule has 0 saturated carbocycles. The Morgan fingerprint density at radius 1 is 1.30 bits per heavy atom. The van der Waals surface area contributed by atoms with E-state index in [0.29, 0.717) is 31.7 Å². The third-order valence-corrected chi connectivity index (χ3v) is 4.22. The van der Waals surface area contributed by atoms with Crippen LogP contribution in [0.5, 0.6) is 5.75 Å². The van der Waals surface area contributed by atoms with Crippen LogP contribution in [0.15, 0.2) is 41.0 Å². The van der Waals surface area contributed by atoms with E-state index in [1.54, 1.807) is 12.3 Å². The van der Waals surface area contributed by atoms with Crippen LogP contribution in [0.2, 0.25) is 0 Å². The predicted octanol–water partition coefficient (Wildman–Crippen LogP) is 3.50. The molecule has 2 amide bonds. The molecule has 0 fully saturated rings. The van der Waals surface area contributed by atoms with E-state index in [1.165, 1.54) is 0 Å². The van der Waals surface area contributed by atoms with Gasteiger partial charge < -0.3 is 15.4 Å². The summed E-state index contributed by atoms with van der Waals surface area (Å²) in [5.74, 6) is 1.10. The first-order valence-electron chi connectivity index (χ1n) is 8.92. The predicted molar refractivity (Wildman–Crippen MR) is 107 cm³/mol. The fourth-order valence-electron chi connectivity index (χ4n) is 2.49. The molecule has 0 spiro atoms. The van der Waals surface area contributed by atoms with Crippen molar-refractivity contribution in [2.45, 2.75) is 39.2 Å². The normalized spacial score (nSPS) is 11.9. The zero-order valence-electron chi connectivity index (χ0n) is 15.5. The lowest BCUT2D eigenvalue weighted by Gasteiger charge is -2.19. The number of halogens is 1. The van der Waals surface area contributed by atoms with Crippen molar-refractivity contribution in [2.75, 3.05) is 11.9 Å². The average Bonchev–Trinajstić information content (AvgIpc) is 3.11. The summed E-state index contributed by atoms with van der Waals surface area (Å²) >= 11 is 3.39. The molecule has 1 atom stereocenters. The van der Waals surface area contributed by atoms with Crippen molar-refractivity contribution in [3.8, 4) is 5.75 Å². The Labute approximate surface area is 167 Å². The highest BCUT2D eigenvalue weighted by molar-refractivity contribution is 9.10. The van der Waals surface area contributed by atoms with Crippen LogP contribution in [0.4, 0.5) is 5.82 Å². The molecule has 0 aliphatic carbocycles. The number of anilines is 1. The summed E-state index contributed by atoms with van der Waals surface area (Å²) in [6.45, 7) is 4.45. The van der Waals surface area contributed by atoms with Crippen molar-refractivity contribution in [3.05, 3.63) is 41.0 Å². The number of carbonyl (C=O) groups is 2. The van der Waals surface area contributed by atoms with E-state index in [2.05, 4.69) is 36.8 Å². The van der Waals surface area contributed by atoms with Gasteiger partial charge in [-0.2, -0.15) is 5.10 Å². The molecule has 1 aromatic carbocycles. The second kappa shape index (κ2) is 10.7. The van der Waals surface area contributed by atoms with E-state index in [0.717, 1.165) is 10.2 Å². The number of benzene rings is 1. The Morgan fingerprint density at radius 3 is 2.78 bits per heavy atom. The summed E-state index contributed by atoms with van der Waals surface area (Å²) in [7, 11) is 0. The zero-order valence-corrected chi connectivity index (χ0v) is 17.1. The molecule has 1 aromatic heterocycles. The molecule has 146 valence electrons. The van der Waals surface area contributed by atoms with E-state index in [4.69, 9.17) is 4.74 Å². The van der Waals surface area contributed by atoms with Gasteiger partial charge >= 0.3 is 0 Å². The Balaban J connectivity index is 1.77. The van der Waals surface area contributed by atoms with Crippen LogP contribution in [-0.4, -0.2) is 34.7 Å². The summed E-state index contributed by atoms with van der Waals surface area (Å²) in [4.78, 5) is 24.7. The molecule has 27 heavy (non-hydrogen) atoms. The van der Waals surface area contributed by atoms with Crippen LogP contribution in [0, 0.1) is 5.92 Å². The lowest BCUT2D eigenvalue weighted by atomic mass is 10.0. The summed E-state index contributed by atoms with van der Waals surface area (Å²) in [5.41, 5.74) is 0. The van der Waals surface area contributed by atoms with Crippen LogP contribution in [0.1, 0.15) is 33.1 Å². The second-order valence-corrected chi connectivity index (χ2v) is 7.53. The number of nitrogens with zero attached hydrogens (tertiary/aromatic N) is 1. The van der Waals surface area contributed by atoms with Crippen molar-refractivity contribution in [1.82, 2.24) is 15.5 Å². The zero-order chi connectivity index (χ0) is 19.6. The molecule has 0 aliphatic rings. The first kappa shape index (κ1) is 21.0. The molecule has 0 bridgehead atoms. The number of hydrogen-bond donors (Lipinski definition) is 3. The maximum Gasteiger partial charge on any atom is 0.248 e. The largest absolute Gasteiger partial charge is 0.494 e. The van der Waals surface area contributed by atoms with Crippen molar-refractivity contribution in [1.29, 1.82) is 0 Å². The molecule has 2 aromatic rings. The third kappa shape index (κ3) is 7.82. The Morgan fingerprint density at radius 2 is 2.11 bits per heavy atom. The summed E-state index contributed by atoms with van der Waals surface area (Å²) in [5, 5.41) is 12.0. The van der Waals surface area contributed by atoms with Gasteiger partial charge in [0, 0.05) is 17.0 Å². The minimum Gasteiger partial charge on any atom is -0.494 e. The Bertz CT molecular complexity index is 734. The van der Waals surface area contributed by atoms with Crippen LogP contribution in [0.3, 0.4) is 0 Å². The summed E-state index contributed by atoms with van der Waals surface area (Å²) < 4.78 is 6.57. The number of amides is 2. The van der Waals surface area contributed by atoms with E-state index in [9.17, 15) is 9.59 Å². The van der Waals surface area contributed by atoms with Crippen molar-refractivity contribution in [3.63, 3.8) is 0 Å². The van der Waals surface area contributed by atoms with Gasteiger partial charge in [-0.15, -0.1) is 0 Å². The maximum absolute atomic E-state index is 12.4. The van der Waals surface area contributed by atoms with Gasteiger partial charge in [0.2, 0.25) is 11.8 Å². The van der Waals surface area contributed by atoms with E-state index < -0.39 is 6.04 Å². The number of hydrogen-bond acceptors (Lipinski definition) is 4. The topological polar surface area (TPSA) is 96.1 Å². The van der Waals surface area contributed by atoms with E-state index in [-0.39, 0.29) is 17.7 Å². The maximum atomic E-state index is 12.4. The molecule has 7 nitrogen and oxygen atoms in total. The van der Waals surface area contributed by atoms with Gasteiger partial charge in [-0.1, -0.05) is 35.8 Å². The minimum absolute atomic E-state index is 0.168. The van der Waals surface area contributed by atoms with Crippen molar-refractivity contribution < 1.29 is 14.3 Å². The number of H-pyrrole nitrogens is 1. The highest BCUT2D eigenvalue weighted by Gasteiger charge is 2.22. The first-order valence-corrected chi connectivity index (χ1v) is 9.71. The fourth-order valence-corrected chi connectivity index (χ4v) is 2.87.